The molecule has 0 aliphatic rings. The zero-order chi connectivity index (χ0) is 13.1. The maximum absolute atomic E-state index is 2.30. The van der Waals surface area contributed by atoms with Crippen LogP contribution in [0.25, 0.3) is 0 Å². The number of benzene rings is 1. The Balaban J connectivity index is 2.35. The minimum atomic E-state index is 0.907. The molecule has 1 atom stereocenters. The monoisotopic (exact) mass is 246 g/mol. The van der Waals surface area contributed by atoms with Crippen LogP contribution in [-0.4, -0.2) is 0 Å². The van der Waals surface area contributed by atoms with Crippen LogP contribution in [0.1, 0.15) is 70.8 Å². The highest BCUT2D eigenvalue weighted by Gasteiger charge is 2.09. The van der Waals surface area contributed by atoms with Crippen LogP contribution >= 0.6 is 0 Å². The number of hydrogen-bond donors (Lipinski definition) is 0. The van der Waals surface area contributed by atoms with E-state index in [1.165, 1.54) is 63.4 Å². The van der Waals surface area contributed by atoms with Gasteiger partial charge in [-0.2, -0.15) is 0 Å². The molecular weight excluding hydrogens is 216 g/mol. The SMILES string of the molecule is CCCCCCC(CCCC)Cc1ccccc1. The molecule has 0 nitrogen and oxygen atoms in total. The summed E-state index contributed by atoms with van der Waals surface area (Å²) in [7, 11) is 0. The van der Waals surface area contributed by atoms with Gasteiger partial charge in [-0.3, -0.25) is 0 Å². The van der Waals surface area contributed by atoms with E-state index in [-0.39, 0.29) is 0 Å². The van der Waals surface area contributed by atoms with Gasteiger partial charge < -0.3 is 0 Å². The normalized spacial score (nSPS) is 12.6. The fraction of sp³-hybridized carbons (Fsp3) is 0.667. The van der Waals surface area contributed by atoms with Crippen LogP contribution in [0.15, 0.2) is 30.3 Å². The van der Waals surface area contributed by atoms with Gasteiger partial charge >= 0.3 is 0 Å². The van der Waals surface area contributed by atoms with Crippen LogP contribution in [0.4, 0.5) is 0 Å². The van der Waals surface area contributed by atoms with Crippen molar-refractivity contribution in [2.45, 2.75) is 71.6 Å². The van der Waals surface area contributed by atoms with Gasteiger partial charge in [0.05, 0.1) is 0 Å². The van der Waals surface area contributed by atoms with Crippen LogP contribution in [0, 0.1) is 5.92 Å². The van der Waals surface area contributed by atoms with E-state index in [9.17, 15) is 0 Å². The minimum Gasteiger partial charge on any atom is -0.0654 e. The summed E-state index contributed by atoms with van der Waals surface area (Å²) < 4.78 is 0. The molecule has 1 aromatic rings. The van der Waals surface area contributed by atoms with E-state index in [4.69, 9.17) is 0 Å². The molecule has 0 radical (unpaired) electrons. The van der Waals surface area contributed by atoms with E-state index in [0.717, 1.165) is 5.92 Å². The van der Waals surface area contributed by atoms with E-state index in [2.05, 4.69) is 44.2 Å². The van der Waals surface area contributed by atoms with Gasteiger partial charge in [0.25, 0.3) is 0 Å². The highest BCUT2D eigenvalue weighted by atomic mass is 14.1. The van der Waals surface area contributed by atoms with Crippen molar-refractivity contribution in [2.24, 2.45) is 5.92 Å². The lowest BCUT2D eigenvalue weighted by molar-refractivity contribution is 0.410. The van der Waals surface area contributed by atoms with Crippen molar-refractivity contribution in [3.05, 3.63) is 35.9 Å². The summed E-state index contributed by atoms with van der Waals surface area (Å²) in [6.45, 7) is 4.59. The Morgan fingerprint density at radius 1 is 0.778 bits per heavy atom. The van der Waals surface area contributed by atoms with Gasteiger partial charge in [-0.15, -0.1) is 0 Å². The second kappa shape index (κ2) is 10.2. The lowest BCUT2D eigenvalue weighted by atomic mass is 9.89. The summed E-state index contributed by atoms with van der Waals surface area (Å²) in [4.78, 5) is 0. The summed E-state index contributed by atoms with van der Waals surface area (Å²) in [5.41, 5.74) is 1.52. The maximum atomic E-state index is 2.30. The first kappa shape index (κ1) is 15.3. The van der Waals surface area contributed by atoms with E-state index in [1.54, 1.807) is 0 Å². The zero-order valence-electron chi connectivity index (χ0n) is 12.3. The molecule has 1 aromatic carbocycles. The predicted octanol–water partition coefficient (Wildman–Crippen LogP) is 6.01. The molecule has 0 amide bonds. The fourth-order valence-corrected chi connectivity index (χ4v) is 2.65. The van der Waals surface area contributed by atoms with Crippen molar-refractivity contribution >= 4 is 0 Å². The Morgan fingerprint density at radius 3 is 2.11 bits per heavy atom. The summed E-state index contributed by atoms with van der Waals surface area (Å²) in [6.07, 6.45) is 12.5. The molecular formula is C18H30. The maximum Gasteiger partial charge on any atom is -0.0250 e. The smallest absolute Gasteiger partial charge is 0.0250 e. The second-order valence-electron chi connectivity index (χ2n) is 5.55. The third-order valence-corrected chi connectivity index (χ3v) is 3.80. The van der Waals surface area contributed by atoms with Crippen LogP contribution in [0.2, 0.25) is 0 Å². The molecule has 0 heterocycles. The largest absolute Gasteiger partial charge is 0.0654 e. The molecule has 18 heavy (non-hydrogen) atoms. The average Bonchev–Trinajstić information content (AvgIpc) is 2.41. The van der Waals surface area contributed by atoms with Crippen LogP contribution < -0.4 is 0 Å². The Labute approximate surface area is 114 Å². The molecule has 1 rings (SSSR count). The van der Waals surface area contributed by atoms with E-state index < -0.39 is 0 Å². The Morgan fingerprint density at radius 2 is 1.44 bits per heavy atom. The molecule has 0 saturated carbocycles. The lowest BCUT2D eigenvalue weighted by Crippen LogP contribution is -2.05. The van der Waals surface area contributed by atoms with Gasteiger partial charge in [0.2, 0.25) is 0 Å². The third-order valence-electron chi connectivity index (χ3n) is 3.80. The fourth-order valence-electron chi connectivity index (χ4n) is 2.65. The van der Waals surface area contributed by atoms with Crippen LogP contribution in [0.5, 0.6) is 0 Å². The van der Waals surface area contributed by atoms with Gasteiger partial charge in [0.15, 0.2) is 0 Å². The molecule has 0 spiro atoms. The molecule has 0 aliphatic carbocycles. The number of rotatable bonds is 10. The van der Waals surface area contributed by atoms with E-state index in [0.29, 0.717) is 0 Å². The molecule has 0 N–H and O–H groups in total. The van der Waals surface area contributed by atoms with Crippen molar-refractivity contribution in [3.8, 4) is 0 Å². The molecule has 0 fully saturated rings. The lowest BCUT2D eigenvalue weighted by Gasteiger charge is -2.16. The average molecular weight is 246 g/mol. The molecule has 1 unspecified atom stereocenters. The molecule has 0 heteroatoms. The van der Waals surface area contributed by atoms with Crippen molar-refractivity contribution in [1.29, 1.82) is 0 Å². The van der Waals surface area contributed by atoms with Gasteiger partial charge in [0, 0.05) is 0 Å². The van der Waals surface area contributed by atoms with Crippen molar-refractivity contribution in [3.63, 3.8) is 0 Å². The Hall–Kier alpha value is -0.780. The topological polar surface area (TPSA) is 0 Å². The minimum absolute atomic E-state index is 0.907. The molecule has 0 aliphatic heterocycles. The third kappa shape index (κ3) is 6.83. The van der Waals surface area contributed by atoms with Gasteiger partial charge in [-0.25, -0.2) is 0 Å². The van der Waals surface area contributed by atoms with E-state index in [1.807, 2.05) is 0 Å². The molecule has 0 saturated heterocycles. The molecule has 0 aromatic heterocycles. The van der Waals surface area contributed by atoms with Gasteiger partial charge in [-0.05, 0) is 17.9 Å². The van der Waals surface area contributed by atoms with Crippen molar-refractivity contribution in [2.75, 3.05) is 0 Å². The standard InChI is InChI=1S/C18H30/c1-3-5-7-9-13-17(12-6-4-2)16-18-14-10-8-11-15-18/h8,10-11,14-15,17H,3-7,9,12-13,16H2,1-2H3. The van der Waals surface area contributed by atoms with Gasteiger partial charge in [-0.1, -0.05) is 95.5 Å². The number of hydrogen-bond acceptors (Lipinski definition) is 0. The summed E-state index contributed by atoms with van der Waals surface area (Å²) in [5.74, 6) is 0.907. The summed E-state index contributed by atoms with van der Waals surface area (Å²) in [5, 5.41) is 0. The first-order chi connectivity index (χ1) is 8.86. The highest BCUT2D eigenvalue weighted by molar-refractivity contribution is 5.15. The van der Waals surface area contributed by atoms with E-state index >= 15 is 0 Å². The zero-order valence-corrected chi connectivity index (χ0v) is 12.3. The Bertz CT molecular complexity index is 275. The second-order valence-corrected chi connectivity index (χ2v) is 5.55. The van der Waals surface area contributed by atoms with Crippen LogP contribution in [0.3, 0.4) is 0 Å². The summed E-state index contributed by atoms with van der Waals surface area (Å²) >= 11 is 0. The molecule has 102 valence electrons. The van der Waals surface area contributed by atoms with Crippen LogP contribution in [-0.2, 0) is 6.42 Å². The number of unbranched alkanes of at least 4 members (excludes halogenated alkanes) is 4. The Kier molecular flexibility index (Phi) is 8.63. The summed E-state index contributed by atoms with van der Waals surface area (Å²) in [6, 6.07) is 11.0. The first-order valence-electron chi connectivity index (χ1n) is 7.90. The molecule has 0 bridgehead atoms. The van der Waals surface area contributed by atoms with Crippen molar-refractivity contribution < 1.29 is 0 Å². The quantitative estimate of drug-likeness (QED) is 0.444. The predicted molar refractivity (Wildman–Crippen MR) is 81.9 cm³/mol. The van der Waals surface area contributed by atoms with Crippen molar-refractivity contribution in [1.82, 2.24) is 0 Å². The highest BCUT2D eigenvalue weighted by Crippen LogP contribution is 2.21. The van der Waals surface area contributed by atoms with Gasteiger partial charge in [0.1, 0.15) is 0 Å². The first-order valence-corrected chi connectivity index (χ1v) is 7.90.